The highest BCUT2D eigenvalue weighted by Gasteiger charge is 2.22. The van der Waals surface area contributed by atoms with Crippen LogP contribution in [0.2, 0.25) is 0 Å². The molecule has 0 radical (unpaired) electrons. The Kier molecular flexibility index (Phi) is 4.11. The number of anilines is 2. The molecule has 5 N–H and O–H groups in total. The molecule has 1 aromatic heterocycles. The van der Waals surface area contributed by atoms with Gasteiger partial charge in [-0.15, -0.1) is 0 Å². The fourth-order valence-electron chi connectivity index (χ4n) is 1.57. The molecule has 0 fully saturated rings. The molecule has 1 heterocycles. The number of nitrogens with zero attached hydrogens (tertiary/aromatic N) is 2. The Morgan fingerprint density at radius 1 is 1.53 bits per heavy atom. The van der Waals surface area contributed by atoms with E-state index in [9.17, 15) is 4.79 Å². The van der Waals surface area contributed by atoms with E-state index < -0.39 is 0 Å². The molecular weight excluding hydrogens is 218 g/mol. The van der Waals surface area contributed by atoms with E-state index in [4.69, 9.17) is 11.5 Å². The second-order valence-electron chi connectivity index (χ2n) is 4.85. The molecule has 0 unspecified atom stereocenters. The number of hydrogen-bond acceptors (Lipinski definition) is 5. The zero-order chi connectivity index (χ0) is 13.1. The van der Waals surface area contributed by atoms with Gasteiger partial charge in [-0.05, 0) is 18.9 Å². The molecule has 96 valence electrons. The maximum atomic E-state index is 11.4. The molecule has 0 aromatic carbocycles. The standard InChI is InChI=1S/C11H21N5O/c1-4-16(6-11(2,3)5-12)9-8(13)10(17)15-7-14-9/h7H,4-6,12-13H2,1-3H3,(H,14,15,17). The fraction of sp³-hybridized carbons (Fsp3) is 0.636. The van der Waals surface area contributed by atoms with Gasteiger partial charge in [0.05, 0.1) is 6.33 Å². The van der Waals surface area contributed by atoms with Crippen molar-refractivity contribution in [1.29, 1.82) is 0 Å². The summed E-state index contributed by atoms with van der Waals surface area (Å²) in [5.74, 6) is 0.526. The third-order valence-electron chi connectivity index (χ3n) is 2.72. The summed E-state index contributed by atoms with van der Waals surface area (Å²) >= 11 is 0. The van der Waals surface area contributed by atoms with Crippen LogP contribution < -0.4 is 21.9 Å². The number of H-pyrrole nitrogens is 1. The van der Waals surface area contributed by atoms with E-state index in [2.05, 4.69) is 23.8 Å². The summed E-state index contributed by atoms with van der Waals surface area (Å²) in [6.45, 7) is 8.13. The second-order valence-corrected chi connectivity index (χ2v) is 4.85. The minimum Gasteiger partial charge on any atom is -0.391 e. The number of aromatic nitrogens is 2. The Hall–Kier alpha value is -1.56. The van der Waals surface area contributed by atoms with E-state index in [-0.39, 0.29) is 16.7 Å². The van der Waals surface area contributed by atoms with Gasteiger partial charge in [-0.2, -0.15) is 0 Å². The highest BCUT2D eigenvalue weighted by molar-refractivity contribution is 5.60. The first-order valence-electron chi connectivity index (χ1n) is 5.69. The molecule has 0 bridgehead atoms. The molecule has 0 saturated carbocycles. The van der Waals surface area contributed by atoms with Crippen molar-refractivity contribution < 1.29 is 0 Å². The normalized spacial score (nSPS) is 11.5. The second kappa shape index (κ2) is 5.18. The summed E-state index contributed by atoms with van der Waals surface area (Å²) in [4.78, 5) is 20.0. The SMILES string of the molecule is CCN(CC(C)(C)CN)c1nc[nH]c(=O)c1N. The summed E-state index contributed by atoms with van der Waals surface area (Å²) < 4.78 is 0. The lowest BCUT2D eigenvalue weighted by molar-refractivity contribution is 0.379. The number of nitrogens with one attached hydrogen (secondary N) is 1. The van der Waals surface area contributed by atoms with Gasteiger partial charge in [0.15, 0.2) is 5.82 Å². The van der Waals surface area contributed by atoms with E-state index in [1.54, 1.807) is 0 Å². The fourth-order valence-corrected chi connectivity index (χ4v) is 1.57. The maximum absolute atomic E-state index is 11.4. The predicted octanol–water partition coefficient (Wildman–Crippen LogP) is 0.163. The first kappa shape index (κ1) is 13.5. The molecule has 1 aromatic rings. The summed E-state index contributed by atoms with van der Waals surface area (Å²) in [5.41, 5.74) is 11.2. The number of aromatic amines is 1. The first-order chi connectivity index (χ1) is 7.91. The Labute approximate surface area is 101 Å². The van der Waals surface area contributed by atoms with Gasteiger partial charge in [-0.1, -0.05) is 13.8 Å². The van der Waals surface area contributed by atoms with Crippen molar-refractivity contribution in [3.05, 3.63) is 16.7 Å². The lowest BCUT2D eigenvalue weighted by Gasteiger charge is -2.32. The smallest absolute Gasteiger partial charge is 0.276 e. The lowest BCUT2D eigenvalue weighted by Crippen LogP contribution is -2.40. The van der Waals surface area contributed by atoms with E-state index in [1.807, 2.05) is 11.8 Å². The van der Waals surface area contributed by atoms with Crippen molar-refractivity contribution in [3.63, 3.8) is 0 Å². The summed E-state index contributed by atoms with van der Waals surface area (Å²) in [6.07, 6.45) is 1.37. The Bertz CT molecular complexity index is 426. The Morgan fingerprint density at radius 3 is 2.71 bits per heavy atom. The predicted molar refractivity (Wildman–Crippen MR) is 70.0 cm³/mol. The minimum atomic E-state index is -0.306. The van der Waals surface area contributed by atoms with Crippen LogP contribution in [0.3, 0.4) is 0 Å². The maximum Gasteiger partial charge on any atom is 0.276 e. The molecule has 0 aliphatic rings. The molecule has 1 rings (SSSR count). The molecule has 0 aliphatic heterocycles. The van der Waals surface area contributed by atoms with Crippen molar-refractivity contribution in [2.24, 2.45) is 11.1 Å². The minimum absolute atomic E-state index is 0.0489. The zero-order valence-electron chi connectivity index (χ0n) is 10.7. The molecular formula is C11H21N5O. The number of hydrogen-bond donors (Lipinski definition) is 3. The number of nitrogen functional groups attached to an aromatic ring is 1. The zero-order valence-corrected chi connectivity index (χ0v) is 10.7. The number of rotatable bonds is 5. The van der Waals surface area contributed by atoms with Crippen molar-refractivity contribution >= 4 is 11.5 Å². The van der Waals surface area contributed by atoms with Crippen LogP contribution in [0, 0.1) is 5.41 Å². The lowest BCUT2D eigenvalue weighted by atomic mass is 9.93. The third kappa shape index (κ3) is 3.20. The van der Waals surface area contributed by atoms with E-state index in [0.717, 1.165) is 6.54 Å². The highest BCUT2D eigenvalue weighted by Crippen LogP contribution is 2.21. The average molecular weight is 239 g/mol. The van der Waals surface area contributed by atoms with Gasteiger partial charge in [-0.3, -0.25) is 4.79 Å². The Balaban J connectivity index is 3.02. The average Bonchev–Trinajstić information content (AvgIpc) is 2.30. The molecule has 0 spiro atoms. The quantitative estimate of drug-likeness (QED) is 0.679. The van der Waals surface area contributed by atoms with E-state index in [1.165, 1.54) is 6.33 Å². The molecule has 0 saturated heterocycles. The monoisotopic (exact) mass is 239 g/mol. The summed E-state index contributed by atoms with van der Waals surface area (Å²) in [5, 5.41) is 0. The molecule has 6 nitrogen and oxygen atoms in total. The van der Waals surface area contributed by atoms with Crippen LogP contribution in [0.1, 0.15) is 20.8 Å². The van der Waals surface area contributed by atoms with Crippen molar-refractivity contribution in [3.8, 4) is 0 Å². The van der Waals surface area contributed by atoms with Gasteiger partial charge in [-0.25, -0.2) is 4.98 Å². The van der Waals surface area contributed by atoms with Gasteiger partial charge in [0.2, 0.25) is 0 Å². The molecule has 17 heavy (non-hydrogen) atoms. The van der Waals surface area contributed by atoms with Crippen molar-refractivity contribution in [1.82, 2.24) is 9.97 Å². The molecule has 0 atom stereocenters. The summed E-state index contributed by atoms with van der Waals surface area (Å²) in [7, 11) is 0. The van der Waals surface area contributed by atoms with Gasteiger partial charge in [0, 0.05) is 13.1 Å². The van der Waals surface area contributed by atoms with Crippen LogP contribution in [-0.2, 0) is 0 Å². The van der Waals surface area contributed by atoms with Crippen LogP contribution >= 0.6 is 0 Å². The molecule has 0 amide bonds. The highest BCUT2D eigenvalue weighted by atomic mass is 16.1. The number of nitrogens with two attached hydrogens (primary N) is 2. The van der Waals surface area contributed by atoms with Crippen LogP contribution in [0.5, 0.6) is 0 Å². The van der Waals surface area contributed by atoms with Gasteiger partial charge < -0.3 is 21.4 Å². The van der Waals surface area contributed by atoms with Gasteiger partial charge in [0.25, 0.3) is 5.56 Å². The van der Waals surface area contributed by atoms with E-state index >= 15 is 0 Å². The first-order valence-corrected chi connectivity index (χ1v) is 5.69. The van der Waals surface area contributed by atoms with E-state index in [0.29, 0.717) is 18.9 Å². The van der Waals surface area contributed by atoms with Gasteiger partial charge in [0.1, 0.15) is 5.69 Å². The van der Waals surface area contributed by atoms with Crippen LogP contribution in [0.15, 0.2) is 11.1 Å². The van der Waals surface area contributed by atoms with Crippen LogP contribution in [0.4, 0.5) is 11.5 Å². The van der Waals surface area contributed by atoms with Crippen LogP contribution in [-0.4, -0.2) is 29.6 Å². The molecule has 0 aliphatic carbocycles. The molecule has 6 heteroatoms. The van der Waals surface area contributed by atoms with Crippen molar-refractivity contribution in [2.45, 2.75) is 20.8 Å². The van der Waals surface area contributed by atoms with Crippen LogP contribution in [0.25, 0.3) is 0 Å². The summed E-state index contributed by atoms with van der Waals surface area (Å²) in [6, 6.07) is 0. The largest absolute Gasteiger partial charge is 0.391 e. The third-order valence-corrected chi connectivity index (χ3v) is 2.72. The van der Waals surface area contributed by atoms with Gasteiger partial charge >= 0.3 is 0 Å². The topological polar surface area (TPSA) is 101 Å². The Morgan fingerprint density at radius 2 is 2.18 bits per heavy atom. The van der Waals surface area contributed by atoms with Crippen molar-refractivity contribution in [2.75, 3.05) is 30.3 Å².